The van der Waals surface area contributed by atoms with Gasteiger partial charge in [0.1, 0.15) is 0 Å². The molecule has 0 aromatic heterocycles. The van der Waals surface area contributed by atoms with Crippen molar-refractivity contribution in [1.82, 2.24) is 4.90 Å². The van der Waals surface area contributed by atoms with Crippen molar-refractivity contribution in [2.75, 3.05) is 19.7 Å². The number of carbonyl (C=O) groups is 2. The van der Waals surface area contributed by atoms with Crippen LogP contribution in [0.5, 0.6) is 0 Å². The molecular weight excluding hydrogens is 310 g/mol. The van der Waals surface area contributed by atoms with E-state index in [4.69, 9.17) is 9.16 Å². The molecule has 132 valence electrons. The Hall–Kier alpha value is -0.883. The fraction of sp³-hybridized carbons (Fsp3) is 0.882. The quantitative estimate of drug-likeness (QED) is 0.583. The molecule has 2 aliphatic rings. The number of rotatable bonds is 4. The van der Waals surface area contributed by atoms with Crippen LogP contribution in [0.1, 0.15) is 46.5 Å². The van der Waals surface area contributed by atoms with E-state index >= 15 is 0 Å². The van der Waals surface area contributed by atoms with Gasteiger partial charge in [-0.1, -0.05) is 20.8 Å². The SMILES string of the molecule is CC(C)(C)[Si](C)(C)O[C@H]1CCCN(C(=O)C[C@H]2COC(=O)C2)C1. The summed E-state index contributed by atoms with van der Waals surface area (Å²) >= 11 is 0. The van der Waals surface area contributed by atoms with E-state index < -0.39 is 8.32 Å². The minimum absolute atomic E-state index is 0.0525. The van der Waals surface area contributed by atoms with Gasteiger partial charge in [-0.2, -0.15) is 0 Å². The summed E-state index contributed by atoms with van der Waals surface area (Å²) in [5, 5.41) is 0.181. The maximum Gasteiger partial charge on any atom is 0.306 e. The van der Waals surface area contributed by atoms with E-state index in [1.54, 1.807) is 0 Å². The van der Waals surface area contributed by atoms with Crippen LogP contribution in [0.2, 0.25) is 18.1 Å². The van der Waals surface area contributed by atoms with E-state index in [0.29, 0.717) is 26.0 Å². The molecule has 0 unspecified atom stereocenters. The zero-order valence-electron chi connectivity index (χ0n) is 15.2. The number of cyclic esters (lactones) is 1. The highest BCUT2D eigenvalue weighted by Crippen LogP contribution is 2.38. The predicted octanol–water partition coefficient (Wildman–Crippen LogP) is 2.95. The number of likely N-dealkylation sites (tertiary alicyclic amines) is 1. The summed E-state index contributed by atoms with van der Waals surface area (Å²) in [5.74, 6) is 0.00842. The lowest BCUT2D eigenvalue weighted by atomic mass is 10.0. The van der Waals surface area contributed by atoms with Crippen LogP contribution in [0.3, 0.4) is 0 Å². The molecular formula is C17H31NO4Si. The van der Waals surface area contributed by atoms with Crippen LogP contribution in [0.4, 0.5) is 0 Å². The molecule has 0 saturated carbocycles. The third kappa shape index (κ3) is 4.80. The second-order valence-electron chi connectivity index (χ2n) is 8.44. The van der Waals surface area contributed by atoms with Gasteiger partial charge in [0.2, 0.25) is 5.91 Å². The predicted molar refractivity (Wildman–Crippen MR) is 91.6 cm³/mol. The van der Waals surface area contributed by atoms with Crippen molar-refractivity contribution in [2.24, 2.45) is 5.92 Å². The average Bonchev–Trinajstić information content (AvgIpc) is 2.82. The van der Waals surface area contributed by atoms with Gasteiger partial charge in [-0.15, -0.1) is 0 Å². The lowest BCUT2D eigenvalue weighted by Gasteiger charge is -2.42. The number of hydrogen-bond acceptors (Lipinski definition) is 4. The summed E-state index contributed by atoms with van der Waals surface area (Å²) in [4.78, 5) is 25.6. The van der Waals surface area contributed by atoms with E-state index in [9.17, 15) is 9.59 Å². The van der Waals surface area contributed by atoms with E-state index in [0.717, 1.165) is 19.4 Å². The molecule has 2 rings (SSSR count). The molecule has 6 heteroatoms. The molecule has 0 spiro atoms. The molecule has 0 radical (unpaired) electrons. The number of piperidine rings is 1. The third-order valence-corrected chi connectivity index (χ3v) is 9.93. The topological polar surface area (TPSA) is 55.8 Å². The number of amides is 1. The van der Waals surface area contributed by atoms with Gasteiger partial charge in [0.05, 0.1) is 19.1 Å². The first-order valence-electron chi connectivity index (χ1n) is 8.70. The molecule has 23 heavy (non-hydrogen) atoms. The summed E-state index contributed by atoms with van der Waals surface area (Å²) in [5.41, 5.74) is 0. The van der Waals surface area contributed by atoms with E-state index in [1.807, 2.05) is 4.90 Å². The Bertz CT molecular complexity index is 458. The molecule has 0 aromatic rings. The molecule has 0 bridgehead atoms. The van der Waals surface area contributed by atoms with Crippen molar-refractivity contribution in [2.45, 2.75) is 70.7 Å². The van der Waals surface area contributed by atoms with Crippen LogP contribution >= 0.6 is 0 Å². The van der Waals surface area contributed by atoms with Crippen LogP contribution in [0.15, 0.2) is 0 Å². The Morgan fingerprint density at radius 2 is 2.09 bits per heavy atom. The minimum atomic E-state index is -1.80. The maximum atomic E-state index is 12.5. The Labute approximate surface area is 140 Å². The second kappa shape index (κ2) is 6.93. The Morgan fingerprint density at radius 3 is 2.65 bits per heavy atom. The Kier molecular flexibility index (Phi) is 5.56. The van der Waals surface area contributed by atoms with Gasteiger partial charge in [-0.25, -0.2) is 0 Å². The first-order chi connectivity index (χ1) is 10.6. The molecule has 2 fully saturated rings. The summed E-state index contributed by atoms with van der Waals surface area (Å²) in [6.07, 6.45) is 2.96. The lowest BCUT2D eigenvalue weighted by Crippen LogP contribution is -2.50. The molecule has 2 atom stereocenters. The molecule has 2 saturated heterocycles. The number of ether oxygens (including phenoxy) is 1. The number of hydrogen-bond donors (Lipinski definition) is 0. The Balaban J connectivity index is 1.87. The van der Waals surface area contributed by atoms with E-state index in [1.165, 1.54) is 0 Å². The number of nitrogens with zero attached hydrogens (tertiary/aromatic N) is 1. The van der Waals surface area contributed by atoms with Crippen molar-refractivity contribution in [3.8, 4) is 0 Å². The summed E-state index contributed by atoms with van der Waals surface area (Å²) < 4.78 is 11.4. The largest absolute Gasteiger partial charge is 0.465 e. The monoisotopic (exact) mass is 341 g/mol. The van der Waals surface area contributed by atoms with Gasteiger partial charge in [0, 0.05) is 25.4 Å². The molecule has 5 nitrogen and oxygen atoms in total. The molecule has 2 heterocycles. The van der Waals surface area contributed by atoms with Crippen molar-refractivity contribution >= 4 is 20.2 Å². The highest BCUT2D eigenvalue weighted by molar-refractivity contribution is 6.74. The first kappa shape index (κ1) is 18.5. The first-order valence-corrected chi connectivity index (χ1v) is 11.6. The zero-order valence-corrected chi connectivity index (χ0v) is 16.2. The molecule has 2 aliphatic heterocycles. The molecule has 1 amide bonds. The van der Waals surface area contributed by atoms with Crippen molar-refractivity contribution in [3.63, 3.8) is 0 Å². The van der Waals surface area contributed by atoms with Crippen molar-refractivity contribution in [3.05, 3.63) is 0 Å². The van der Waals surface area contributed by atoms with Crippen LogP contribution in [-0.4, -0.2) is 50.9 Å². The Morgan fingerprint density at radius 1 is 1.39 bits per heavy atom. The van der Waals surface area contributed by atoms with Gasteiger partial charge in [-0.3, -0.25) is 9.59 Å². The van der Waals surface area contributed by atoms with Crippen LogP contribution in [0, 0.1) is 5.92 Å². The van der Waals surface area contributed by atoms with Gasteiger partial charge in [0.15, 0.2) is 8.32 Å². The fourth-order valence-corrected chi connectivity index (χ4v) is 4.31. The maximum absolute atomic E-state index is 12.5. The van der Waals surface area contributed by atoms with Gasteiger partial charge < -0.3 is 14.1 Å². The highest BCUT2D eigenvalue weighted by Gasteiger charge is 2.40. The highest BCUT2D eigenvalue weighted by atomic mass is 28.4. The second-order valence-corrected chi connectivity index (χ2v) is 13.2. The van der Waals surface area contributed by atoms with Crippen molar-refractivity contribution in [1.29, 1.82) is 0 Å². The van der Waals surface area contributed by atoms with E-state index in [-0.39, 0.29) is 28.9 Å². The van der Waals surface area contributed by atoms with Crippen LogP contribution < -0.4 is 0 Å². The summed E-state index contributed by atoms with van der Waals surface area (Å²) in [7, 11) is -1.80. The average molecular weight is 342 g/mol. The number of carbonyl (C=O) groups excluding carboxylic acids is 2. The van der Waals surface area contributed by atoms with E-state index in [2.05, 4.69) is 33.9 Å². The molecule has 0 N–H and O–H groups in total. The minimum Gasteiger partial charge on any atom is -0.465 e. The molecule has 0 aliphatic carbocycles. The smallest absolute Gasteiger partial charge is 0.306 e. The van der Waals surface area contributed by atoms with Gasteiger partial charge in [-0.05, 0) is 31.0 Å². The molecule has 0 aromatic carbocycles. The fourth-order valence-electron chi connectivity index (χ4n) is 2.93. The zero-order chi connectivity index (χ0) is 17.3. The summed E-state index contributed by atoms with van der Waals surface area (Å²) in [6, 6.07) is 0. The lowest BCUT2D eigenvalue weighted by molar-refractivity contribution is -0.138. The van der Waals surface area contributed by atoms with Crippen LogP contribution in [0.25, 0.3) is 0 Å². The van der Waals surface area contributed by atoms with Crippen LogP contribution in [-0.2, 0) is 18.8 Å². The van der Waals surface area contributed by atoms with Crippen molar-refractivity contribution < 1.29 is 18.8 Å². The normalized spacial score (nSPS) is 26.3. The van der Waals surface area contributed by atoms with Gasteiger partial charge in [0.25, 0.3) is 0 Å². The number of esters is 1. The third-order valence-electron chi connectivity index (χ3n) is 5.40. The van der Waals surface area contributed by atoms with Gasteiger partial charge >= 0.3 is 5.97 Å². The summed E-state index contributed by atoms with van der Waals surface area (Å²) in [6.45, 7) is 13.1. The standard InChI is InChI=1S/C17H31NO4Si/c1-17(2,3)23(4,5)22-14-7-6-8-18(11-14)15(19)9-13-10-16(20)21-12-13/h13-14H,6-12H2,1-5H3/t13-,14+/m1/s1.